The molecule has 67 heavy (non-hydrogen) atoms. The van der Waals surface area contributed by atoms with E-state index in [1.54, 1.807) is 0 Å². The molecule has 0 rings (SSSR count). The summed E-state index contributed by atoms with van der Waals surface area (Å²) < 4.78 is 23.4. The van der Waals surface area contributed by atoms with Crippen LogP contribution in [0.25, 0.3) is 0 Å². The van der Waals surface area contributed by atoms with Crippen molar-refractivity contribution in [2.75, 3.05) is 40.9 Å². The van der Waals surface area contributed by atoms with Gasteiger partial charge in [-0.1, -0.05) is 270 Å². The molecule has 0 aromatic carbocycles. The first kappa shape index (κ1) is 66.2. The van der Waals surface area contributed by atoms with E-state index in [9.17, 15) is 19.4 Å². The fourth-order valence-corrected chi connectivity index (χ4v) is 9.84. The number of nitrogens with zero attached hydrogens (tertiary/aromatic N) is 1. The summed E-state index contributed by atoms with van der Waals surface area (Å²) in [5, 5.41) is 13.7. The molecule has 0 bridgehead atoms. The van der Waals surface area contributed by atoms with E-state index in [2.05, 4.69) is 31.3 Å². The van der Waals surface area contributed by atoms with Crippen LogP contribution in [0.15, 0.2) is 12.2 Å². The van der Waals surface area contributed by atoms with Gasteiger partial charge in [0.05, 0.1) is 39.9 Å². The predicted octanol–water partition coefficient (Wildman–Crippen LogP) is 17.8. The maximum Gasteiger partial charge on any atom is 0.472 e. The molecule has 0 saturated heterocycles. The fraction of sp³-hybridized carbons (Fsp3) is 0.948. The zero-order chi connectivity index (χ0) is 49.2. The molecule has 3 atom stereocenters. The smallest absolute Gasteiger partial charge is 0.391 e. The van der Waals surface area contributed by atoms with Crippen LogP contribution >= 0.6 is 7.82 Å². The van der Waals surface area contributed by atoms with Gasteiger partial charge >= 0.3 is 7.82 Å². The number of hydrogen-bond acceptors (Lipinski definition) is 5. The third-order valence-corrected chi connectivity index (χ3v) is 14.7. The van der Waals surface area contributed by atoms with E-state index in [-0.39, 0.29) is 19.1 Å². The van der Waals surface area contributed by atoms with Crippen LogP contribution in [0.4, 0.5) is 0 Å². The highest BCUT2D eigenvalue weighted by Crippen LogP contribution is 2.43. The minimum Gasteiger partial charge on any atom is -0.391 e. The lowest BCUT2D eigenvalue weighted by molar-refractivity contribution is -0.870. The average Bonchev–Trinajstić information content (AvgIpc) is 3.29. The maximum atomic E-state index is 12.8. The van der Waals surface area contributed by atoms with E-state index in [1.807, 2.05) is 21.1 Å². The molecule has 0 saturated carbocycles. The molecule has 1 amide bonds. The van der Waals surface area contributed by atoms with Gasteiger partial charge in [0.2, 0.25) is 5.91 Å². The first-order valence-corrected chi connectivity index (χ1v) is 31.0. The van der Waals surface area contributed by atoms with E-state index in [0.717, 1.165) is 44.9 Å². The van der Waals surface area contributed by atoms with Gasteiger partial charge in [0, 0.05) is 6.42 Å². The Morgan fingerprint density at radius 1 is 0.493 bits per heavy atom. The molecule has 0 heterocycles. The van der Waals surface area contributed by atoms with Crippen molar-refractivity contribution in [2.24, 2.45) is 0 Å². The van der Waals surface area contributed by atoms with Crippen molar-refractivity contribution < 1.29 is 32.9 Å². The third-order valence-electron chi connectivity index (χ3n) is 13.8. The number of allylic oxidation sites excluding steroid dienone is 2. The third kappa shape index (κ3) is 52.9. The second kappa shape index (κ2) is 50.2. The Bertz CT molecular complexity index is 1100. The number of aliphatic hydroxyl groups is 1. The summed E-state index contributed by atoms with van der Waals surface area (Å²) in [6.07, 6.45) is 62.5. The van der Waals surface area contributed by atoms with Gasteiger partial charge in [-0.2, -0.15) is 0 Å². The van der Waals surface area contributed by atoms with Crippen LogP contribution in [0.1, 0.15) is 303 Å². The molecule has 0 aliphatic carbocycles. The second-order valence-corrected chi connectivity index (χ2v) is 23.2. The lowest BCUT2D eigenvalue weighted by Crippen LogP contribution is -2.46. The number of phosphoric acid groups is 1. The Balaban J connectivity index is 3.57. The molecule has 0 aromatic heterocycles. The normalized spacial score (nSPS) is 14.0. The summed E-state index contributed by atoms with van der Waals surface area (Å²) in [4.78, 5) is 23.0. The lowest BCUT2D eigenvalue weighted by atomic mass is 10.0. The topological polar surface area (TPSA) is 105 Å². The summed E-state index contributed by atoms with van der Waals surface area (Å²) in [5.74, 6) is -0.147. The molecule has 3 N–H and O–H groups in total. The number of amides is 1. The van der Waals surface area contributed by atoms with Crippen molar-refractivity contribution in [3.8, 4) is 0 Å². The van der Waals surface area contributed by atoms with Gasteiger partial charge in [0.1, 0.15) is 13.2 Å². The van der Waals surface area contributed by atoms with Crippen LogP contribution in [0.2, 0.25) is 0 Å². The Kier molecular flexibility index (Phi) is 49.6. The molecule has 0 aliphatic rings. The maximum absolute atomic E-state index is 12.8. The Hall–Kier alpha value is -0.760. The predicted molar refractivity (Wildman–Crippen MR) is 291 cm³/mol. The van der Waals surface area contributed by atoms with Crippen molar-refractivity contribution in [3.05, 3.63) is 12.2 Å². The summed E-state index contributed by atoms with van der Waals surface area (Å²) in [7, 11) is 1.62. The highest BCUT2D eigenvalue weighted by Gasteiger charge is 2.28. The molecule has 0 spiro atoms. The highest BCUT2D eigenvalue weighted by molar-refractivity contribution is 7.47. The van der Waals surface area contributed by atoms with Gasteiger partial charge in [0.25, 0.3) is 0 Å². The standard InChI is InChI=1S/C58H117N2O6P/c1-6-8-10-12-13-14-15-16-17-18-19-20-21-22-23-24-25-26-27-28-29-30-31-32-33-34-35-36-37-38-39-40-41-42-43-44-45-46-47-48-50-52-58(62)59-56(57(61)51-49-11-9-7-2)55-66-67(63,64)65-54-53-60(3,4)5/h18-19,56-57,61H,6-17,20-55H2,1-5H3,(H-,59,62,63,64)/p+1/b19-18-. The molecule has 9 heteroatoms. The molecule has 0 aromatic rings. The van der Waals surface area contributed by atoms with Gasteiger partial charge in [-0.15, -0.1) is 0 Å². The van der Waals surface area contributed by atoms with Crippen LogP contribution in [0.3, 0.4) is 0 Å². The molecule has 3 unspecified atom stereocenters. The average molecular weight is 971 g/mol. The number of quaternary nitrogens is 1. The van der Waals surface area contributed by atoms with E-state index in [4.69, 9.17) is 9.05 Å². The van der Waals surface area contributed by atoms with Gasteiger partial charge in [-0.05, 0) is 38.5 Å². The van der Waals surface area contributed by atoms with Gasteiger partial charge < -0.3 is 19.8 Å². The van der Waals surface area contributed by atoms with Crippen LogP contribution in [-0.2, 0) is 18.4 Å². The van der Waals surface area contributed by atoms with E-state index >= 15 is 0 Å². The van der Waals surface area contributed by atoms with Crippen LogP contribution in [0.5, 0.6) is 0 Å². The largest absolute Gasteiger partial charge is 0.472 e. The lowest BCUT2D eigenvalue weighted by Gasteiger charge is -2.26. The van der Waals surface area contributed by atoms with Gasteiger partial charge in [-0.3, -0.25) is 13.8 Å². The molecular weight excluding hydrogens is 852 g/mol. The Morgan fingerprint density at radius 3 is 1.15 bits per heavy atom. The number of nitrogens with one attached hydrogen (secondary N) is 1. The van der Waals surface area contributed by atoms with Crippen molar-refractivity contribution >= 4 is 13.7 Å². The SMILES string of the molecule is CCCCCCCCCC/C=C\CCCCCCCCCCCCCCCCCCCCCCCCCCCCCCCC(=O)NC(COP(=O)(O)OCC[N+](C)(C)C)C(O)CCCCCC. The van der Waals surface area contributed by atoms with Crippen molar-refractivity contribution in [2.45, 2.75) is 315 Å². The van der Waals surface area contributed by atoms with Crippen LogP contribution < -0.4 is 5.32 Å². The minimum absolute atomic E-state index is 0.0765. The Morgan fingerprint density at radius 2 is 0.806 bits per heavy atom. The molecule has 0 aliphatic heterocycles. The number of phosphoric ester groups is 1. The number of unbranched alkanes of at least 4 members (excludes halogenated alkanes) is 40. The van der Waals surface area contributed by atoms with Crippen LogP contribution in [-0.4, -0.2) is 73.4 Å². The number of rotatable bonds is 55. The summed E-state index contributed by atoms with van der Waals surface area (Å²) in [6, 6.07) is -0.752. The van der Waals surface area contributed by atoms with Crippen molar-refractivity contribution in [3.63, 3.8) is 0 Å². The van der Waals surface area contributed by atoms with E-state index in [0.29, 0.717) is 23.9 Å². The van der Waals surface area contributed by atoms with Crippen LogP contribution in [0, 0.1) is 0 Å². The zero-order valence-electron chi connectivity index (χ0n) is 45.7. The number of carbonyl (C=O) groups is 1. The van der Waals surface area contributed by atoms with Crippen molar-refractivity contribution in [1.82, 2.24) is 5.32 Å². The minimum atomic E-state index is -4.29. The first-order valence-electron chi connectivity index (χ1n) is 29.6. The molecular formula is C58H118N2O6P+. The Labute approximate surface area is 418 Å². The monoisotopic (exact) mass is 970 g/mol. The first-order chi connectivity index (χ1) is 32.5. The quantitative estimate of drug-likeness (QED) is 0.0243. The summed E-state index contributed by atoms with van der Waals surface area (Å²) >= 11 is 0. The molecule has 8 nitrogen and oxygen atoms in total. The fourth-order valence-electron chi connectivity index (χ4n) is 9.10. The zero-order valence-corrected chi connectivity index (χ0v) is 46.6. The number of hydrogen-bond donors (Lipinski definition) is 3. The number of likely N-dealkylation sites (N-methyl/N-ethyl adjacent to an activating group) is 1. The number of aliphatic hydroxyl groups excluding tert-OH is 1. The van der Waals surface area contributed by atoms with Gasteiger partial charge in [-0.25, -0.2) is 4.57 Å². The summed E-state index contributed by atoms with van der Waals surface area (Å²) in [5.41, 5.74) is 0. The van der Waals surface area contributed by atoms with E-state index < -0.39 is 20.0 Å². The molecule has 0 fully saturated rings. The highest BCUT2D eigenvalue weighted by atomic mass is 31.2. The molecule has 0 radical (unpaired) electrons. The molecule has 400 valence electrons. The number of carbonyl (C=O) groups excluding carboxylic acids is 1. The summed E-state index contributed by atoms with van der Waals surface area (Å²) in [6.45, 7) is 4.79. The van der Waals surface area contributed by atoms with E-state index in [1.165, 1.54) is 231 Å². The van der Waals surface area contributed by atoms with Gasteiger partial charge in [0.15, 0.2) is 0 Å². The second-order valence-electron chi connectivity index (χ2n) is 21.7. The van der Waals surface area contributed by atoms with Crippen molar-refractivity contribution in [1.29, 1.82) is 0 Å².